The lowest BCUT2D eigenvalue weighted by molar-refractivity contribution is 0.0724. The van der Waals surface area contributed by atoms with E-state index in [1.54, 1.807) is 12.1 Å². The van der Waals surface area contributed by atoms with Crippen molar-refractivity contribution in [2.24, 2.45) is 0 Å². The highest BCUT2D eigenvalue weighted by molar-refractivity contribution is 9.10. The number of nitrogens with two attached hydrogens (primary N) is 1. The molecule has 0 bridgehead atoms. The summed E-state index contributed by atoms with van der Waals surface area (Å²) in [6.07, 6.45) is 3.44. The zero-order valence-electron chi connectivity index (χ0n) is 9.08. The summed E-state index contributed by atoms with van der Waals surface area (Å²) in [4.78, 5) is 14.1. The topological polar surface area (TPSA) is 46.3 Å². The van der Waals surface area contributed by atoms with E-state index in [9.17, 15) is 4.79 Å². The van der Waals surface area contributed by atoms with Crippen molar-refractivity contribution in [2.45, 2.75) is 19.3 Å². The molecule has 0 aliphatic carbocycles. The Labute approximate surface area is 104 Å². The second-order valence-corrected chi connectivity index (χ2v) is 5.04. The first-order valence-electron chi connectivity index (χ1n) is 5.52. The van der Waals surface area contributed by atoms with Crippen molar-refractivity contribution in [1.82, 2.24) is 4.90 Å². The van der Waals surface area contributed by atoms with Gasteiger partial charge in [-0.15, -0.1) is 0 Å². The maximum absolute atomic E-state index is 12.2. The quantitative estimate of drug-likeness (QED) is 0.805. The molecule has 1 aliphatic heterocycles. The Morgan fingerprint density at radius 3 is 2.50 bits per heavy atom. The van der Waals surface area contributed by atoms with Gasteiger partial charge in [0.05, 0.1) is 0 Å². The minimum Gasteiger partial charge on any atom is -0.399 e. The molecule has 4 heteroatoms. The van der Waals surface area contributed by atoms with E-state index in [2.05, 4.69) is 15.9 Å². The lowest BCUT2D eigenvalue weighted by atomic mass is 10.1. The molecule has 1 aliphatic rings. The third-order valence-electron chi connectivity index (χ3n) is 2.81. The van der Waals surface area contributed by atoms with Gasteiger partial charge in [0.25, 0.3) is 5.91 Å². The van der Waals surface area contributed by atoms with Gasteiger partial charge < -0.3 is 10.6 Å². The molecule has 0 radical (unpaired) electrons. The Morgan fingerprint density at radius 1 is 1.19 bits per heavy atom. The molecular weight excluding hydrogens is 268 g/mol. The van der Waals surface area contributed by atoms with Crippen molar-refractivity contribution >= 4 is 27.5 Å². The van der Waals surface area contributed by atoms with E-state index in [0.29, 0.717) is 11.3 Å². The van der Waals surface area contributed by atoms with Crippen LogP contribution in [0.2, 0.25) is 0 Å². The van der Waals surface area contributed by atoms with Crippen LogP contribution in [0.4, 0.5) is 5.69 Å². The average molecular weight is 283 g/mol. The van der Waals surface area contributed by atoms with Crippen LogP contribution in [-0.4, -0.2) is 23.9 Å². The van der Waals surface area contributed by atoms with Crippen LogP contribution in [0.1, 0.15) is 29.6 Å². The molecule has 1 saturated heterocycles. The van der Waals surface area contributed by atoms with Crippen LogP contribution in [0.25, 0.3) is 0 Å². The average Bonchev–Trinajstić information content (AvgIpc) is 2.28. The fourth-order valence-electron chi connectivity index (χ4n) is 2.02. The number of nitrogens with zero attached hydrogens (tertiary/aromatic N) is 1. The van der Waals surface area contributed by atoms with Crippen molar-refractivity contribution in [3.05, 3.63) is 28.2 Å². The maximum atomic E-state index is 12.2. The first-order chi connectivity index (χ1) is 7.66. The van der Waals surface area contributed by atoms with Gasteiger partial charge >= 0.3 is 0 Å². The van der Waals surface area contributed by atoms with Crippen molar-refractivity contribution in [2.75, 3.05) is 18.8 Å². The standard InChI is InChI=1S/C12H15BrN2O/c13-10-6-9(7-11(14)8-10)12(16)15-4-2-1-3-5-15/h6-8H,1-5,14H2. The molecule has 0 spiro atoms. The van der Waals surface area contributed by atoms with Gasteiger partial charge in [-0.1, -0.05) is 15.9 Å². The molecule has 1 aromatic carbocycles. The summed E-state index contributed by atoms with van der Waals surface area (Å²) in [5, 5.41) is 0. The van der Waals surface area contributed by atoms with Crippen molar-refractivity contribution in [3.8, 4) is 0 Å². The Kier molecular flexibility index (Phi) is 3.49. The number of benzene rings is 1. The van der Waals surface area contributed by atoms with Crippen LogP contribution >= 0.6 is 15.9 Å². The Balaban J connectivity index is 2.19. The normalized spacial score (nSPS) is 16.2. The van der Waals surface area contributed by atoms with Crippen LogP contribution in [0.3, 0.4) is 0 Å². The molecule has 1 amide bonds. The van der Waals surface area contributed by atoms with Crippen LogP contribution in [0, 0.1) is 0 Å². The smallest absolute Gasteiger partial charge is 0.253 e. The Bertz CT molecular complexity index is 380. The lowest BCUT2D eigenvalue weighted by Crippen LogP contribution is -2.35. The summed E-state index contributed by atoms with van der Waals surface area (Å²) in [6, 6.07) is 5.36. The highest BCUT2D eigenvalue weighted by Gasteiger charge is 2.18. The van der Waals surface area contributed by atoms with E-state index < -0.39 is 0 Å². The Morgan fingerprint density at radius 2 is 1.88 bits per heavy atom. The van der Waals surface area contributed by atoms with E-state index in [1.807, 2.05) is 11.0 Å². The SMILES string of the molecule is Nc1cc(Br)cc(C(=O)N2CCCCC2)c1. The van der Waals surface area contributed by atoms with Crippen LogP contribution in [0.15, 0.2) is 22.7 Å². The monoisotopic (exact) mass is 282 g/mol. The van der Waals surface area contributed by atoms with Gasteiger partial charge in [0.15, 0.2) is 0 Å². The summed E-state index contributed by atoms with van der Waals surface area (Å²) in [7, 11) is 0. The zero-order chi connectivity index (χ0) is 11.5. The number of anilines is 1. The van der Waals surface area contributed by atoms with Gasteiger partial charge in [-0.2, -0.15) is 0 Å². The molecule has 86 valence electrons. The predicted molar refractivity (Wildman–Crippen MR) is 68.3 cm³/mol. The molecule has 3 nitrogen and oxygen atoms in total. The molecule has 0 unspecified atom stereocenters. The fraction of sp³-hybridized carbons (Fsp3) is 0.417. The number of amides is 1. The van der Waals surface area contributed by atoms with Crippen LogP contribution in [-0.2, 0) is 0 Å². The minimum absolute atomic E-state index is 0.0905. The van der Waals surface area contributed by atoms with Gasteiger partial charge in [-0.3, -0.25) is 4.79 Å². The molecular formula is C12H15BrN2O. The van der Waals surface area contributed by atoms with Gasteiger partial charge in [-0.25, -0.2) is 0 Å². The van der Waals surface area contributed by atoms with Crippen molar-refractivity contribution in [3.63, 3.8) is 0 Å². The molecule has 2 rings (SSSR count). The molecule has 16 heavy (non-hydrogen) atoms. The summed E-state index contributed by atoms with van der Waals surface area (Å²) >= 11 is 3.35. The van der Waals surface area contributed by atoms with Crippen molar-refractivity contribution < 1.29 is 4.79 Å². The van der Waals surface area contributed by atoms with E-state index in [0.717, 1.165) is 30.4 Å². The first kappa shape index (κ1) is 11.5. The largest absolute Gasteiger partial charge is 0.399 e. The van der Waals surface area contributed by atoms with Gasteiger partial charge in [0, 0.05) is 28.8 Å². The Hall–Kier alpha value is -1.03. The zero-order valence-corrected chi connectivity index (χ0v) is 10.7. The molecule has 2 N–H and O–H groups in total. The maximum Gasteiger partial charge on any atom is 0.253 e. The molecule has 0 atom stereocenters. The highest BCUT2D eigenvalue weighted by Crippen LogP contribution is 2.20. The van der Waals surface area contributed by atoms with Gasteiger partial charge in [-0.05, 0) is 37.5 Å². The van der Waals surface area contributed by atoms with Gasteiger partial charge in [0.2, 0.25) is 0 Å². The molecule has 0 saturated carbocycles. The minimum atomic E-state index is 0.0905. The number of hydrogen-bond acceptors (Lipinski definition) is 2. The second-order valence-electron chi connectivity index (χ2n) is 4.13. The number of likely N-dealkylation sites (tertiary alicyclic amines) is 1. The highest BCUT2D eigenvalue weighted by atomic mass is 79.9. The van der Waals surface area contributed by atoms with Crippen LogP contribution in [0.5, 0.6) is 0 Å². The van der Waals surface area contributed by atoms with E-state index in [-0.39, 0.29) is 5.91 Å². The number of hydrogen-bond donors (Lipinski definition) is 1. The summed E-state index contributed by atoms with van der Waals surface area (Å²) in [6.45, 7) is 1.73. The van der Waals surface area contributed by atoms with E-state index >= 15 is 0 Å². The number of carbonyl (C=O) groups excluding carboxylic acids is 1. The van der Waals surface area contributed by atoms with E-state index in [4.69, 9.17) is 5.73 Å². The summed E-state index contributed by atoms with van der Waals surface area (Å²) < 4.78 is 0.854. The number of nitrogen functional groups attached to an aromatic ring is 1. The molecule has 1 aromatic rings. The molecule has 1 fully saturated rings. The predicted octanol–water partition coefficient (Wildman–Crippen LogP) is 2.66. The first-order valence-corrected chi connectivity index (χ1v) is 6.31. The second kappa shape index (κ2) is 4.87. The summed E-state index contributed by atoms with van der Waals surface area (Å²) in [5.41, 5.74) is 7.02. The van der Waals surface area contributed by atoms with Gasteiger partial charge in [0.1, 0.15) is 0 Å². The lowest BCUT2D eigenvalue weighted by Gasteiger charge is -2.26. The number of halogens is 1. The summed E-state index contributed by atoms with van der Waals surface area (Å²) in [5.74, 6) is 0.0905. The van der Waals surface area contributed by atoms with E-state index in [1.165, 1.54) is 6.42 Å². The molecule has 1 heterocycles. The van der Waals surface area contributed by atoms with Crippen molar-refractivity contribution in [1.29, 1.82) is 0 Å². The number of carbonyl (C=O) groups is 1. The fourth-order valence-corrected chi connectivity index (χ4v) is 2.53. The number of piperidine rings is 1. The number of rotatable bonds is 1. The third-order valence-corrected chi connectivity index (χ3v) is 3.27. The third kappa shape index (κ3) is 2.55. The van der Waals surface area contributed by atoms with Crippen LogP contribution < -0.4 is 5.73 Å². The molecule has 0 aromatic heterocycles.